The predicted molar refractivity (Wildman–Crippen MR) is 56.9 cm³/mol. The van der Waals surface area contributed by atoms with Crippen molar-refractivity contribution in [3.05, 3.63) is 35.4 Å². The molecule has 1 saturated heterocycles. The average molecular weight is 186 g/mol. The molecule has 2 atom stereocenters. The highest BCUT2D eigenvalue weighted by atomic mass is 16.6. The summed E-state index contributed by atoms with van der Waals surface area (Å²) in [6.07, 6.45) is 6.66. The van der Waals surface area contributed by atoms with E-state index in [0.717, 1.165) is 17.5 Å². The highest BCUT2D eigenvalue weighted by Crippen LogP contribution is 2.52. The minimum atomic E-state index is 0.00690. The molecule has 2 rings (SSSR count). The van der Waals surface area contributed by atoms with Crippen LogP contribution in [0.2, 0.25) is 0 Å². The molecule has 0 radical (unpaired) electrons. The zero-order valence-corrected chi connectivity index (χ0v) is 8.58. The molecule has 0 spiro atoms. The van der Waals surface area contributed by atoms with Gasteiger partial charge in [0, 0.05) is 5.56 Å². The molecule has 0 amide bonds. The molecule has 0 saturated carbocycles. The van der Waals surface area contributed by atoms with Crippen LogP contribution in [0.5, 0.6) is 0 Å². The van der Waals surface area contributed by atoms with E-state index in [-0.39, 0.29) is 11.7 Å². The van der Waals surface area contributed by atoms with Gasteiger partial charge in [0.25, 0.3) is 0 Å². The van der Waals surface area contributed by atoms with E-state index in [4.69, 9.17) is 11.2 Å². The van der Waals surface area contributed by atoms with Crippen molar-refractivity contribution in [3.8, 4) is 12.3 Å². The summed E-state index contributed by atoms with van der Waals surface area (Å²) in [6.45, 7) is 4.27. The molecule has 1 aromatic carbocycles. The number of hydrogen-bond acceptors (Lipinski definition) is 1. The molecule has 1 aromatic rings. The first-order valence-corrected chi connectivity index (χ1v) is 4.94. The van der Waals surface area contributed by atoms with E-state index in [9.17, 15) is 0 Å². The Kier molecular flexibility index (Phi) is 2.09. The van der Waals surface area contributed by atoms with Gasteiger partial charge in [-0.15, -0.1) is 6.42 Å². The Balaban J connectivity index is 2.32. The molecule has 0 aromatic heterocycles. The number of terminal acetylenes is 1. The maximum atomic E-state index is 5.69. The molecule has 1 heteroatoms. The molecule has 72 valence electrons. The average Bonchev–Trinajstić information content (AvgIpc) is 2.91. The number of rotatable bonds is 2. The van der Waals surface area contributed by atoms with Crippen LogP contribution in [0.1, 0.15) is 37.5 Å². The van der Waals surface area contributed by atoms with E-state index in [1.165, 1.54) is 0 Å². The van der Waals surface area contributed by atoms with Crippen LogP contribution >= 0.6 is 0 Å². The Morgan fingerprint density at radius 1 is 1.50 bits per heavy atom. The van der Waals surface area contributed by atoms with Crippen molar-refractivity contribution in [3.63, 3.8) is 0 Å². The van der Waals surface area contributed by atoms with Gasteiger partial charge in [0.15, 0.2) is 0 Å². The van der Waals surface area contributed by atoms with Gasteiger partial charge in [-0.1, -0.05) is 31.0 Å². The molecule has 0 bridgehead atoms. The SMILES string of the molecule is C#Cc1ccccc1C1OC1(C)CC. The second-order valence-electron chi connectivity index (χ2n) is 3.90. The van der Waals surface area contributed by atoms with Crippen molar-refractivity contribution in [1.29, 1.82) is 0 Å². The molecular weight excluding hydrogens is 172 g/mol. The van der Waals surface area contributed by atoms with Crippen LogP contribution in [-0.2, 0) is 4.74 Å². The van der Waals surface area contributed by atoms with Crippen LogP contribution < -0.4 is 0 Å². The quantitative estimate of drug-likeness (QED) is 0.511. The van der Waals surface area contributed by atoms with Crippen molar-refractivity contribution in [2.45, 2.75) is 32.0 Å². The molecule has 2 unspecified atom stereocenters. The molecule has 0 N–H and O–H groups in total. The normalized spacial score (nSPS) is 29.6. The first-order valence-electron chi connectivity index (χ1n) is 4.94. The maximum absolute atomic E-state index is 5.69. The summed E-state index contributed by atoms with van der Waals surface area (Å²) >= 11 is 0. The summed E-state index contributed by atoms with van der Waals surface area (Å²) in [5, 5.41) is 0. The standard InChI is InChI=1S/C13H14O/c1-4-10-8-6-7-9-11(10)12-13(3,5-2)14-12/h1,6-9,12H,5H2,2-3H3. The second kappa shape index (κ2) is 3.15. The molecule has 0 aliphatic carbocycles. The first kappa shape index (κ1) is 9.30. The summed E-state index contributed by atoms with van der Waals surface area (Å²) in [7, 11) is 0. The largest absolute Gasteiger partial charge is 0.361 e. The lowest BCUT2D eigenvalue weighted by Gasteiger charge is -2.03. The summed E-state index contributed by atoms with van der Waals surface area (Å²) in [5.41, 5.74) is 2.11. The van der Waals surface area contributed by atoms with Crippen molar-refractivity contribution in [2.75, 3.05) is 0 Å². The van der Waals surface area contributed by atoms with Crippen molar-refractivity contribution < 1.29 is 4.74 Å². The lowest BCUT2D eigenvalue weighted by molar-refractivity contribution is 0.303. The van der Waals surface area contributed by atoms with Crippen LogP contribution in [0.15, 0.2) is 24.3 Å². The van der Waals surface area contributed by atoms with Gasteiger partial charge >= 0.3 is 0 Å². The molecule has 1 heterocycles. The zero-order valence-electron chi connectivity index (χ0n) is 8.58. The topological polar surface area (TPSA) is 12.5 Å². The van der Waals surface area contributed by atoms with Crippen molar-refractivity contribution in [1.82, 2.24) is 0 Å². The van der Waals surface area contributed by atoms with E-state index in [2.05, 4.69) is 25.8 Å². The third kappa shape index (κ3) is 1.32. The van der Waals surface area contributed by atoms with Gasteiger partial charge in [-0.3, -0.25) is 0 Å². The van der Waals surface area contributed by atoms with Crippen LogP contribution in [0.3, 0.4) is 0 Å². The maximum Gasteiger partial charge on any atom is 0.113 e. The van der Waals surface area contributed by atoms with Crippen LogP contribution in [0.25, 0.3) is 0 Å². The number of ether oxygens (including phenoxy) is 1. The highest BCUT2D eigenvalue weighted by molar-refractivity contribution is 5.43. The molecule has 1 aliphatic heterocycles. The second-order valence-corrected chi connectivity index (χ2v) is 3.90. The van der Waals surface area contributed by atoms with Gasteiger partial charge < -0.3 is 4.74 Å². The van der Waals surface area contributed by atoms with Gasteiger partial charge in [0.05, 0.1) is 5.60 Å². The number of hydrogen-bond donors (Lipinski definition) is 0. The first-order chi connectivity index (χ1) is 6.71. The molecular formula is C13H14O. The lowest BCUT2D eigenvalue weighted by atomic mass is 9.95. The zero-order chi connectivity index (χ0) is 10.2. The number of epoxide rings is 1. The lowest BCUT2D eigenvalue weighted by Crippen LogP contribution is -2.04. The van der Waals surface area contributed by atoms with Gasteiger partial charge in [0.2, 0.25) is 0 Å². The van der Waals surface area contributed by atoms with Gasteiger partial charge in [-0.25, -0.2) is 0 Å². The third-order valence-electron chi connectivity index (χ3n) is 2.99. The third-order valence-corrected chi connectivity index (χ3v) is 2.99. The summed E-state index contributed by atoms with van der Waals surface area (Å²) in [6, 6.07) is 7.99. The van der Waals surface area contributed by atoms with Crippen LogP contribution in [-0.4, -0.2) is 5.60 Å². The highest BCUT2D eigenvalue weighted by Gasteiger charge is 2.52. The van der Waals surface area contributed by atoms with Gasteiger partial charge in [-0.2, -0.15) is 0 Å². The number of benzene rings is 1. The fourth-order valence-corrected chi connectivity index (χ4v) is 1.75. The Morgan fingerprint density at radius 3 is 2.79 bits per heavy atom. The molecule has 14 heavy (non-hydrogen) atoms. The van der Waals surface area contributed by atoms with Crippen LogP contribution in [0.4, 0.5) is 0 Å². The van der Waals surface area contributed by atoms with E-state index in [0.29, 0.717) is 0 Å². The Bertz CT molecular complexity index is 388. The fourth-order valence-electron chi connectivity index (χ4n) is 1.75. The Morgan fingerprint density at radius 2 is 2.21 bits per heavy atom. The fraction of sp³-hybridized carbons (Fsp3) is 0.385. The summed E-state index contributed by atoms with van der Waals surface area (Å²) in [4.78, 5) is 0. The molecule has 1 fully saturated rings. The smallest absolute Gasteiger partial charge is 0.113 e. The van der Waals surface area contributed by atoms with Gasteiger partial charge in [-0.05, 0) is 25.0 Å². The summed E-state index contributed by atoms with van der Waals surface area (Å²) in [5.74, 6) is 2.70. The Labute approximate surface area is 85.1 Å². The summed E-state index contributed by atoms with van der Waals surface area (Å²) < 4.78 is 5.69. The minimum Gasteiger partial charge on any atom is -0.361 e. The van der Waals surface area contributed by atoms with Crippen LogP contribution in [0, 0.1) is 12.3 Å². The Hall–Kier alpha value is -1.26. The van der Waals surface area contributed by atoms with E-state index >= 15 is 0 Å². The van der Waals surface area contributed by atoms with Gasteiger partial charge in [0.1, 0.15) is 6.10 Å². The predicted octanol–water partition coefficient (Wildman–Crippen LogP) is 2.91. The van der Waals surface area contributed by atoms with Crippen molar-refractivity contribution in [2.24, 2.45) is 0 Å². The monoisotopic (exact) mass is 186 g/mol. The molecule has 1 nitrogen and oxygen atoms in total. The molecule has 1 aliphatic rings. The van der Waals surface area contributed by atoms with E-state index in [1.54, 1.807) is 0 Å². The van der Waals surface area contributed by atoms with E-state index in [1.807, 2.05) is 18.2 Å². The van der Waals surface area contributed by atoms with Crippen molar-refractivity contribution >= 4 is 0 Å². The minimum absolute atomic E-state index is 0.00690. The van der Waals surface area contributed by atoms with E-state index < -0.39 is 0 Å².